The number of rotatable bonds is 3. The normalized spacial score (nSPS) is 26.5. The van der Waals surface area contributed by atoms with Gasteiger partial charge in [0, 0.05) is 32.0 Å². The zero-order valence-corrected chi connectivity index (χ0v) is 15.8. The minimum absolute atomic E-state index is 0.0428. The summed E-state index contributed by atoms with van der Waals surface area (Å²) in [6.45, 7) is 1.79. The molecule has 3 heterocycles. The van der Waals surface area contributed by atoms with Crippen molar-refractivity contribution in [1.82, 2.24) is 15.1 Å². The lowest BCUT2D eigenvalue weighted by atomic mass is 9.97. The number of hydrogen-bond donors (Lipinski definition) is 1. The van der Waals surface area contributed by atoms with Crippen LogP contribution in [-0.4, -0.2) is 52.7 Å². The Morgan fingerprint density at radius 2 is 2.00 bits per heavy atom. The Morgan fingerprint density at radius 1 is 1.21 bits per heavy atom. The zero-order valence-electron chi connectivity index (χ0n) is 15.8. The predicted octanol–water partition coefficient (Wildman–Crippen LogP) is 0.981. The Kier molecular flexibility index (Phi) is 5.03. The molecule has 3 atom stereocenters. The van der Waals surface area contributed by atoms with Gasteiger partial charge in [0.25, 0.3) is 0 Å². The van der Waals surface area contributed by atoms with Gasteiger partial charge < -0.3 is 15.1 Å². The van der Waals surface area contributed by atoms with Crippen LogP contribution < -0.4 is 5.32 Å². The Balaban J connectivity index is 1.35. The third-order valence-corrected chi connectivity index (χ3v) is 6.09. The number of nitrogens with zero attached hydrogens (tertiary/aromatic N) is 3. The number of nitriles is 1. The summed E-state index contributed by atoms with van der Waals surface area (Å²) in [6, 6.07) is 9.23. The fourth-order valence-electron chi connectivity index (χ4n) is 4.49. The second-order valence-corrected chi connectivity index (χ2v) is 7.85. The number of carbonyl (C=O) groups excluding carboxylic acids is 3. The average Bonchev–Trinajstić information content (AvgIpc) is 3.33. The maximum atomic E-state index is 12.7. The van der Waals surface area contributed by atoms with Crippen LogP contribution in [-0.2, 0) is 27.3 Å². The van der Waals surface area contributed by atoms with Gasteiger partial charge in [-0.25, -0.2) is 0 Å². The summed E-state index contributed by atoms with van der Waals surface area (Å²) in [7, 11) is 0. The van der Waals surface area contributed by atoms with Gasteiger partial charge in [-0.05, 0) is 36.8 Å². The van der Waals surface area contributed by atoms with Crippen LogP contribution in [0.2, 0.25) is 0 Å². The van der Waals surface area contributed by atoms with Crippen LogP contribution >= 0.6 is 0 Å². The molecule has 3 aliphatic heterocycles. The Hall–Kier alpha value is -2.88. The molecule has 1 unspecified atom stereocenters. The fraction of sp³-hybridized carbons (Fsp3) is 0.524. The summed E-state index contributed by atoms with van der Waals surface area (Å²) in [6.07, 6.45) is 2.76. The Labute approximate surface area is 164 Å². The molecule has 3 amide bonds. The minimum atomic E-state index is -0.624. The lowest BCUT2D eigenvalue weighted by Crippen LogP contribution is -2.46. The average molecular weight is 380 g/mol. The summed E-state index contributed by atoms with van der Waals surface area (Å²) >= 11 is 0. The second kappa shape index (κ2) is 7.63. The molecule has 3 aliphatic rings. The topological polar surface area (TPSA) is 93.5 Å². The van der Waals surface area contributed by atoms with E-state index in [9.17, 15) is 19.6 Å². The van der Waals surface area contributed by atoms with E-state index in [1.54, 1.807) is 9.80 Å². The van der Waals surface area contributed by atoms with Crippen LogP contribution in [0, 0.1) is 17.2 Å². The molecule has 0 bridgehead atoms. The number of carbonyl (C=O) groups is 3. The quantitative estimate of drug-likeness (QED) is 0.846. The van der Waals surface area contributed by atoms with E-state index in [0.717, 1.165) is 18.4 Å². The third kappa shape index (κ3) is 3.47. The summed E-state index contributed by atoms with van der Waals surface area (Å²) in [4.78, 5) is 41.2. The van der Waals surface area contributed by atoms with Crippen LogP contribution in [0.1, 0.15) is 36.8 Å². The highest BCUT2D eigenvalue weighted by Gasteiger charge is 2.41. The van der Waals surface area contributed by atoms with Crippen LogP contribution in [0.25, 0.3) is 0 Å². The number of benzene rings is 1. The molecule has 4 rings (SSSR count). The Morgan fingerprint density at radius 3 is 2.79 bits per heavy atom. The van der Waals surface area contributed by atoms with E-state index in [1.165, 1.54) is 5.56 Å². The summed E-state index contributed by atoms with van der Waals surface area (Å²) in [5.41, 5.74) is 2.43. The van der Waals surface area contributed by atoms with E-state index in [-0.39, 0.29) is 24.1 Å². The van der Waals surface area contributed by atoms with Crippen LogP contribution in [0.5, 0.6) is 0 Å². The molecule has 0 radical (unpaired) electrons. The van der Waals surface area contributed by atoms with Crippen molar-refractivity contribution in [3.05, 3.63) is 35.4 Å². The number of hydrogen-bond acceptors (Lipinski definition) is 4. The van der Waals surface area contributed by atoms with Crippen molar-refractivity contribution in [2.45, 2.75) is 50.7 Å². The van der Waals surface area contributed by atoms with Gasteiger partial charge in [-0.15, -0.1) is 0 Å². The summed E-state index contributed by atoms with van der Waals surface area (Å²) in [5.74, 6) is -0.961. The molecular formula is C21H24N4O3. The maximum Gasteiger partial charge on any atom is 0.246 e. The molecule has 2 fully saturated rings. The molecule has 7 heteroatoms. The molecule has 2 saturated heterocycles. The zero-order chi connectivity index (χ0) is 19.7. The van der Waals surface area contributed by atoms with Gasteiger partial charge in [-0.2, -0.15) is 5.26 Å². The molecule has 0 spiro atoms. The number of fused-ring (bicyclic) bond motifs is 1. The van der Waals surface area contributed by atoms with E-state index in [0.29, 0.717) is 32.5 Å². The van der Waals surface area contributed by atoms with Crippen molar-refractivity contribution in [3.8, 4) is 6.07 Å². The SMILES string of the molecule is N#CC1CCCN1C(=O)[C@@H]1C[C@@H](CC(=O)N2CCc3ccccc3C2)C(=O)N1. The second-order valence-electron chi connectivity index (χ2n) is 7.85. The number of amides is 3. The van der Waals surface area contributed by atoms with E-state index in [1.807, 2.05) is 18.2 Å². The molecular weight excluding hydrogens is 356 g/mol. The monoisotopic (exact) mass is 380 g/mol. The van der Waals surface area contributed by atoms with E-state index < -0.39 is 18.0 Å². The highest BCUT2D eigenvalue weighted by Crippen LogP contribution is 2.26. The molecule has 7 nitrogen and oxygen atoms in total. The van der Waals surface area contributed by atoms with Crippen LogP contribution in [0.15, 0.2) is 24.3 Å². The lowest BCUT2D eigenvalue weighted by molar-refractivity contribution is -0.136. The molecule has 0 aliphatic carbocycles. The van der Waals surface area contributed by atoms with Crippen molar-refractivity contribution >= 4 is 17.7 Å². The molecule has 0 saturated carbocycles. The molecule has 1 N–H and O–H groups in total. The molecule has 0 aromatic heterocycles. The highest BCUT2D eigenvalue weighted by atomic mass is 16.2. The van der Waals surface area contributed by atoms with Crippen molar-refractivity contribution in [1.29, 1.82) is 5.26 Å². The molecule has 28 heavy (non-hydrogen) atoms. The van der Waals surface area contributed by atoms with Gasteiger partial charge in [0.15, 0.2) is 0 Å². The first kappa shape index (κ1) is 18.5. The number of likely N-dealkylation sites (tertiary alicyclic amines) is 1. The summed E-state index contributed by atoms with van der Waals surface area (Å²) in [5, 5.41) is 11.9. The number of nitrogens with one attached hydrogen (secondary N) is 1. The minimum Gasteiger partial charge on any atom is -0.344 e. The van der Waals surface area contributed by atoms with E-state index in [4.69, 9.17) is 0 Å². The van der Waals surface area contributed by atoms with Crippen LogP contribution in [0.3, 0.4) is 0 Å². The first-order valence-electron chi connectivity index (χ1n) is 9.92. The molecule has 146 valence electrons. The smallest absolute Gasteiger partial charge is 0.246 e. The van der Waals surface area contributed by atoms with Crippen LogP contribution in [0.4, 0.5) is 0 Å². The first-order chi connectivity index (χ1) is 13.6. The predicted molar refractivity (Wildman–Crippen MR) is 101 cm³/mol. The molecule has 1 aromatic carbocycles. The van der Waals surface area contributed by atoms with E-state index in [2.05, 4.69) is 17.5 Å². The largest absolute Gasteiger partial charge is 0.344 e. The van der Waals surface area contributed by atoms with Crippen molar-refractivity contribution in [2.75, 3.05) is 13.1 Å². The lowest BCUT2D eigenvalue weighted by Gasteiger charge is -2.29. The third-order valence-electron chi connectivity index (χ3n) is 6.09. The highest BCUT2D eigenvalue weighted by molar-refractivity contribution is 5.94. The fourth-order valence-corrected chi connectivity index (χ4v) is 4.49. The van der Waals surface area contributed by atoms with Gasteiger partial charge in [0.2, 0.25) is 17.7 Å². The standard InChI is InChI=1S/C21H24N4O3/c22-12-17-6-3-8-25(17)21(28)18-10-16(20(27)23-18)11-19(26)24-9-7-14-4-1-2-5-15(14)13-24/h1-2,4-5,16-18H,3,6-11,13H2,(H,23,27)/t16-,17?,18-/m0/s1. The maximum absolute atomic E-state index is 12.7. The van der Waals surface area contributed by atoms with Gasteiger partial charge >= 0.3 is 0 Å². The van der Waals surface area contributed by atoms with Gasteiger partial charge in [0.1, 0.15) is 12.1 Å². The van der Waals surface area contributed by atoms with Gasteiger partial charge in [-0.1, -0.05) is 24.3 Å². The van der Waals surface area contributed by atoms with Crippen molar-refractivity contribution < 1.29 is 14.4 Å². The van der Waals surface area contributed by atoms with Gasteiger partial charge in [0.05, 0.1) is 6.07 Å². The molecule has 1 aromatic rings. The summed E-state index contributed by atoms with van der Waals surface area (Å²) < 4.78 is 0. The van der Waals surface area contributed by atoms with Gasteiger partial charge in [-0.3, -0.25) is 14.4 Å². The first-order valence-corrected chi connectivity index (χ1v) is 9.92. The van der Waals surface area contributed by atoms with E-state index >= 15 is 0 Å². The Bertz CT molecular complexity index is 846. The van der Waals surface area contributed by atoms with Crippen molar-refractivity contribution in [3.63, 3.8) is 0 Å². The van der Waals surface area contributed by atoms with Crippen molar-refractivity contribution in [2.24, 2.45) is 5.92 Å².